The molecule has 29 heavy (non-hydrogen) atoms. The first-order chi connectivity index (χ1) is 13.7. The van der Waals surface area contributed by atoms with Gasteiger partial charge in [-0.2, -0.15) is 13.2 Å². The van der Waals surface area contributed by atoms with Gasteiger partial charge in [-0.15, -0.1) is 0 Å². The second kappa shape index (κ2) is 8.18. The average Bonchev–Trinajstić information content (AvgIpc) is 2.68. The molecule has 0 saturated carbocycles. The maximum Gasteiger partial charge on any atom is 0.417 e. The lowest BCUT2D eigenvalue weighted by Crippen LogP contribution is -2.17. The largest absolute Gasteiger partial charge is 0.423 e. The van der Waals surface area contributed by atoms with Crippen molar-refractivity contribution < 1.29 is 32.2 Å². The number of hydrogen-bond donors (Lipinski definition) is 0. The molecule has 0 aromatic heterocycles. The highest BCUT2D eigenvalue weighted by atomic mass is 19.4. The van der Waals surface area contributed by atoms with Gasteiger partial charge in [0.05, 0.1) is 16.7 Å². The molecule has 7 heteroatoms. The van der Waals surface area contributed by atoms with Crippen LogP contribution in [0.25, 0.3) is 0 Å². The lowest BCUT2D eigenvalue weighted by atomic mass is 10.1. The molecule has 0 radical (unpaired) electrons. The van der Waals surface area contributed by atoms with E-state index in [0.29, 0.717) is 5.56 Å². The average molecular weight is 400 g/mol. The van der Waals surface area contributed by atoms with E-state index in [-0.39, 0.29) is 11.5 Å². The number of ether oxygens (including phenoxy) is 2. The fraction of sp³-hybridized carbons (Fsp3) is 0.0909. The quantitative estimate of drug-likeness (QED) is 0.432. The third-order valence-electron chi connectivity index (χ3n) is 3.97. The number of benzene rings is 3. The summed E-state index contributed by atoms with van der Waals surface area (Å²) in [6.07, 6.45) is -4.69. The zero-order valence-electron chi connectivity index (χ0n) is 15.2. The van der Waals surface area contributed by atoms with Crippen molar-refractivity contribution in [1.82, 2.24) is 0 Å². The Bertz CT molecular complexity index is 1040. The minimum Gasteiger partial charge on any atom is -0.423 e. The molecule has 0 saturated heterocycles. The molecule has 0 spiro atoms. The fourth-order valence-corrected chi connectivity index (χ4v) is 2.53. The normalized spacial score (nSPS) is 11.0. The Morgan fingerprint density at radius 1 is 0.759 bits per heavy atom. The van der Waals surface area contributed by atoms with Gasteiger partial charge < -0.3 is 9.47 Å². The molecule has 0 aliphatic rings. The van der Waals surface area contributed by atoms with Crippen LogP contribution in [-0.4, -0.2) is 11.9 Å². The number of halogens is 3. The number of esters is 2. The maximum atomic E-state index is 13.1. The van der Waals surface area contributed by atoms with Crippen LogP contribution in [-0.2, 0) is 6.18 Å². The van der Waals surface area contributed by atoms with E-state index in [1.807, 2.05) is 6.92 Å². The minimum absolute atomic E-state index is 0.0545. The van der Waals surface area contributed by atoms with Crippen LogP contribution >= 0.6 is 0 Å². The predicted octanol–water partition coefficient (Wildman–Crippen LogP) is 5.45. The first-order valence-electron chi connectivity index (χ1n) is 8.51. The Labute approximate surface area is 164 Å². The van der Waals surface area contributed by atoms with Gasteiger partial charge in [-0.05, 0) is 43.3 Å². The van der Waals surface area contributed by atoms with Gasteiger partial charge in [-0.1, -0.05) is 35.9 Å². The number of carbonyl (C=O) groups excluding carboxylic acids is 2. The Balaban J connectivity index is 1.76. The van der Waals surface area contributed by atoms with Gasteiger partial charge >= 0.3 is 18.1 Å². The van der Waals surface area contributed by atoms with Gasteiger partial charge in [0.2, 0.25) is 0 Å². The van der Waals surface area contributed by atoms with Crippen molar-refractivity contribution in [3.8, 4) is 11.5 Å². The SMILES string of the molecule is Cc1ccc(C(=O)Oc2cccc(OC(=O)c3ccccc3C(F)(F)F)c2)cc1. The van der Waals surface area contributed by atoms with Gasteiger partial charge in [-0.25, -0.2) is 9.59 Å². The van der Waals surface area contributed by atoms with E-state index >= 15 is 0 Å². The van der Waals surface area contributed by atoms with Gasteiger partial charge in [-0.3, -0.25) is 0 Å². The summed E-state index contributed by atoms with van der Waals surface area (Å²) in [6, 6.07) is 16.6. The molecular weight excluding hydrogens is 385 g/mol. The minimum atomic E-state index is -4.69. The highest BCUT2D eigenvalue weighted by molar-refractivity contribution is 5.93. The van der Waals surface area contributed by atoms with E-state index in [2.05, 4.69) is 0 Å². The second-order valence-corrected chi connectivity index (χ2v) is 6.16. The van der Waals surface area contributed by atoms with E-state index in [0.717, 1.165) is 17.7 Å². The molecule has 3 aromatic rings. The van der Waals surface area contributed by atoms with Crippen molar-refractivity contribution in [3.63, 3.8) is 0 Å². The van der Waals surface area contributed by atoms with E-state index in [1.165, 1.54) is 36.4 Å². The molecule has 0 bridgehead atoms. The van der Waals surface area contributed by atoms with Crippen molar-refractivity contribution in [2.45, 2.75) is 13.1 Å². The highest BCUT2D eigenvalue weighted by Crippen LogP contribution is 2.32. The molecule has 4 nitrogen and oxygen atoms in total. The molecule has 3 aromatic carbocycles. The number of carbonyl (C=O) groups is 2. The first kappa shape index (κ1) is 20.1. The number of hydrogen-bond acceptors (Lipinski definition) is 4. The summed E-state index contributed by atoms with van der Waals surface area (Å²) in [5.74, 6) is -1.75. The number of alkyl halides is 3. The smallest absolute Gasteiger partial charge is 0.417 e. The summed E-state index contributed by atoms with van der Waals surface area (Å²) in [6.45, 7) is 1.88. The lowest BCUT2D eigenvalue weighted by molar-refractivity contribution is -0.138. The van der Waals surface area contributed by atoms with Crippen LogP contribution in [0.5, 0.6) is 11.5 Å². The highest BCUT2D eigenvalue weighted by Gasteiger charge is 2.35. The van der Waals surface area contributed by atoms with Crippen LogP contribution < -0.4 is 9.47 Å². The monoisotopic (exact) mass is 400 g/mol. The molecule has 0 N–H and O–H groups in total. The first-order valence-corrected chi connectivity index (χ1v) is 8.51. The molecule has 0 aliphatic heterocycles. The lowest BCUT2D eigenvalue weighted by Gasteiger charge is -2.12. The van der Waals surface area contributed by atoms with E-state index in [9.17, 15) is 22.8 Å². The molecule has 0 aliphatic carbocycles. The van der Waals surface area contributed by atoms with Crippen LogP contribution in [0.4, 0.5) is 13.2 Å². The predicted molar refractivity (Wildman–Crippen MR) is 99.0 cm³/mol. The molecule has 0 amide bonds. The summed E-state index contributed by atoms with van der Waals surface area (Å²) in [5, 5.41) is 0. The Morgan fingerprint density at radius 3 is 1.97 bits per heavy atom. The van der Waals surface area contributed by atoms with Crippen LogP contribution in [0.3, 0.4) is 0 Å². The van der Waals surface area contributed by atoms with Crippen molar-refractivity contribution >= 4 is 11.9 Å². The standard InChI is InChI=1S/C22H15F3O4/c1-14-9-11-15(12-10-14)20(26)28-16-5-4-6-17(13-16)29-21(27)18-7-2-3-8-19(18)22(23,24)25/h2-13H,1H3. The van der Waals surface area contributed by atoms with Crippen molar-refractivity contribution in [3.05, 3.63) is 95.1 Å². The van der Waals surface area contributed by atoms with Crippen LogP contribution in [0.2, 0.25) is 0 Å². The van der Waals surface area contributed by atoms with E-state index < -0.39 is 29.2 Å². The van der Waals surface area contributed by atoms with Crippen LogP contribution in [0.1, 0.15) is 31.8 Å². The third kappa shape index (κ3) is 5.01. The van der Waals surface area contributed by atoms with Gasteiger partial charge in [0.1, 0.15) is 11.5 Å². The summed E-state index contributed by atoms with van der Waals surface area (Å²) >= 11 is 0. The van der Waals surface area contributed by atoms with E-state index in [1.54, 1.807) is 24.3 Å². The molecule has 0 unspecified atom stereocenters. The molecular formula is C22H15F3O4. The summed E-state index contributed by atoms with van der Waals surface area (Å²) in [5.41, 5.74) is -0.388. The van der Waals surface area contributed by atoms with Crippen LogP contribution in [0, 0.1) is 6.92 Å². The Kier molecular flexibility index (Phi) is 5.68. The van der Waals surface area contributed by atoms with Crippen LogP contribution in [0.15, 0.2) is 72.8 Å². The van der Waals surface area contributed by atoms with Gasteiger partial charge in [0, 0.05) is 6.07 Å². The zero-order chi connectivity index (χ0) is 21.0. The molecule has 0 fully saturated rings. The fourth-order valence-electron chi connectivity index (χ4n) is 2.53. The number of aryl methyl sites for hydroxylation is 1. The Hall–Kier alpha value is -3.61. The van der Waals surface area contributed by atoms with Crippen molar-refractivity contribution in [1.29, 1.82) is 0 Å². The number of rotatable bonds is 4. The van der Waals surface area contributed by atoms with Crippen molar-refractivity contribution in [2.75, 3.05) is 0 Å². The summed E-state index contributed by atoms with van der Waals surface area (Å²) in [7, 11) is 0. The van der Waals surface area contributed by atoms with Crippen molar-refractivity contribution in [2.24, 2.45) is 0 Å². The van der Waals surface area contributed by atoms with Gasteiger partial charge in [0.25, 0.3) is 0 Å². The maximum absolute atomic E-state index is 13.1. The van der Waals surface area contributed by atoms with Gasteiger partial charge in [0.15, 0.2) is 0 Å². The van der Waals surface area contributed by atoms with E-state index in [4.69, 9.17) is 9.47 Å². The third-order valence-corrected chi connectivity index (χ3v) is 3.97. The summed E-state index contributed by atoms with van der Waals surface area (Å²) in [4.78, 5) is 24.4. The zero-order valence-corrected chi connectivity index (χ0v) is 15.2. The molecule has 148 valence electrons. The molecule has 0 atom stereocenters. The summed E-state index contributed by atoms with van der Waals surface area (Å²) < 4.78 is 49.5. The molecule has 3 rings (SSSR count). The Morgan fingerprint density at radius 2 is 1.34 bits per heavy atom. The second-order valence-electron chi connectivity index (χ2n) is 6.16. The molecule has 0 heterocycles. The topological polar surface area (TPSA) is 52.6 Å².